The summed E-state index contributed by atoms with van der Waals surface area (Å²) in [5.74, 6) is -3.40. The van der Waals surface area contributed by atoms with Gasteiger partial charge in [-0.05, 0) is 43.7 Å². The number of amides is 3. The van der Waals surface area contributed by atoms with Crippen LogP contribution < -0.4 is 10.6 Å². The maximum Gasteiger partial charge on any atom is 0.257 e. The molecule has 0 bridgehead atoms. The fraction of sp³-hybridized carbons (Fsp3) is 0.609. The van der Waals surface area contributed by atoms with Gasteiger partial charge in [0.1, 0.15) is 23.2 Å². The lowest BCUT2D eigenvalue weighted by Gasteiger charge is -2.35. The third-order valence-electron chi connectivity index (χ3n) is 5.91. The van der Waals surface area contributed by atoms with E-state index in [0.717, 1.165) is 25.0 Å². The highest BCUT2D eigenvalue weighted by atomic mass is 19.1. The molecule has 3 amide bonds. The minimum absolute atomic E-state index is 0.0328. The molecular weight excluding hydrogens is 404 g/mol. The van der Waals surface area contributed by atoms with Crippen LogP contribution in [0.25, 0.3) is 0 Å². The molecule has 2 rings (SSSR count). The standard InChI is InChI=1S/C23H33F2N3O3/c1-5-15(6-2)23(31)28-12-10-16(11-13-28)26-22(30)20(14(3)4)27-21(29)19-17(24)8-7-9-18(19)25/h7-9,14-16,20H,5-6,10-13H2,1-4H3,(H,26,30)(H,27,29). The zero-order valence-electron chi connectivity index (χ0n) is 18.7. The molecule has 1 aromatic carbocycles. The number of nitrogens with zero attached hydrogens (tertiary/aromatic N) is 1. The first kappa shape index (κ1) is 24.8. The van der Waals surface area contributed by atoms with Crippen molar-refractivity contribution in [2.24, 2.45) is 11.8 Å². The normalized spacial score (nSPS) is 15.8. The Bertz CT molecular complexity index is 768. The molecule has 1 aliphatic heterocycles. The van der Waals surface area contributed by atoms with Gasteiger partial charge in [0, 0.05) is 25.0 Å². The highest BCUT2D eigenvalue weighted by Gasteiger charge is 2.31. The molecule has 172 valence electrons. The number of rotatable bonds is 8. The average molecular weight is 438 g/mol. The van der Waals surface area contributed by atoms with Gasteiger partial charge in [-0.25, -0.2) is 8.78 Å². The molecule has 8 heteroatoms. The number of carbonyl (C=O) groups excluding carboxylic acids is 3. The molecular formula is C23H33F2N3O3. The number of hydrogen-bond donors (Lipinski definition) is 2. The van der Waals surface area contributed by atoms with Gasteiger partial charge in [0.15, 0.2) is 0 Å². The Kier molecular flexibility index (Phi) is 8.95. The molecule has 31 heavy (non-hydrogen) atoms. The first-order valence-corrected chi connectivity index (χ1v) is 11.0. The van der Waals surface area contributed by atoms with Crippen molar-refractivity contribution in [3.63, 3.8) is 0 Å². The summed E-state index contributed by atoms with van der Waals surface area (Å²) in [5.41, 5.74) is -0.700. The van der Waals surface area contributed by atoms with Crippen molar-refractivity contribution in [2.75, 3.05) is 13.1 Å². The van der Waals surface area contributed by atoms with Gasteiger partial charge in [0.25, 0.3) is 5.91 Å². The zero-order chi connectivity index (χ0) is 23.1. The van der Waals surface area contributed by atoms with Gasteiger partial charge in [0.2, 0.25) is 11.8 Å². The van der Waals surface area contributed by atoms with Crippen LogP contribution in [0.3, 0.4) is 0 Å². The Morgan fingerprint density at radius 1 is 1.06 bits per heavy atom. The largest absolute Gasteiger partial charge is 0.351 e. The second kappa shape index (κ2) is 11.2. The predicted molar refractivity (Wildman–Crippen MR) is 114 cm³/mol. The molecule has 0 spiro atoms. The lowest BCUT2D eigenvalue weighted by atomic mass is 9.97. The second-order valence-electron chi connectivity index (χ2n) is 8.41. The van der Waals surface area contributed by atoms with Gasteiger partial charge < -0.3 is 15.5 Å². The lowest BCUT2D eigenvalue weighted by Crippen LogP contribution is -2.54. The van der Waals surface area contributed by atoms with Crippen LogP contribution in [0.2, 0.25) is 0 Å². The maximum atomic E-state index is 13.9. The van der Waals surface area contributed by atoms with Crippen molar-refractivity contribution < 1.29 is 23.2 Å². The number of hydrogen-bond acceptors (Lipinski definition) is 3. The smallest absolute Gasteiger partial charge is 0.257 e. The van der Waals surface area contributed by atoms with Crippen LogP contribution in [0.4, 0.5) is 8.78 Å². The highest BCUT2D eigenvalue weighted by molar-refractivity contribution is 5.98. The number of benzene rings is 1. The lowest BCUT2D eigenvalue weighted by molar-refractivity contribution is -0.137. The average Bonchev–Trinajstić information content (AvgIpc) is 2.73. The fourth-order valence-corrected chi connectivity index (χ4v) is 3.89. The number of likely N-dealkylation sites (tertiary alicyclic amines) is 1. The van der Waals surface area contributed by atoms with Crippen LogP contribution in [-0.4, -0.2) is 47.8 Å². The fourth-order valence-electron chi connectivity index (χ4n) is 3.89. The molecule has 1 unspecified atom stereocenters. The molecule has 1 saturated heterocycles. The van der Waals surface area contributed by atoms with E-state index in [1.807, 2.05) is 18.7 Å². The van der Waals surface area contributed by atoms with E-state index in [2.05, 4.69) is 10.6 Å². The molecule has 1 atom stereocenters. The second-order valence-corrected chi connectivity index (χ2v) is 8.41. The van der Waals surface area contributed by atoms with Gasteiger partial charge in [-0.2, -0.15) is 0 Å². The van der Waals surface area contributed by atoms with Crippen LogP contribution in [0, 0.1) is 23.5 Å². The monoisotopic (exact) mass is 437 g/mol. The van der Waals surface area contributed by atoms with Crippen molar-refractivity contribution in [2.45, 2.75) is 65.5 Å². The number of carbonyl (C=O) groups is 3. The number of halogens is 2. The van der Waals surface area contributed by atoms with Crippen LogP contribution in [0.15, 0.2) is 18.2 Å². The van der Waals surface area contributed by atoms with Gasteiger partial charge >= 0.3 is 0 Å². The minimum Gasteiger partial charge on any atom is -0.351 e. The third-order valence-corrected chi connectivity index (χ3v) is 5.91. The number of piperidine rings is 1. The van der Waals surface area contributed by atoms with Crippen LogP contribution in [-0.2, 0) is 9.59 Å². The molecule has 1 aliphatic rings. The summed E-state index contributed by atoms with van der Waals surface area (Å²) in [4.78, 5) is 39.6. The van der Waals surface area contributed by atoms with E-state index in [4.69, 9.17) is 0 Å². The van der Waals surface area contributed by atoms with Gasteiger partial charge in [-0.15, -0.1) is 0 Å². The minimum atomic E-state index is -0.977. The van der Waals surface area contributed by atoms with Gasteiger partial charge in [-0.1, -0.05) is 33.8 Å². The third kappa shape index (κ3) is 6.24. The highest BCUT2D eigenvalue weighted by Crippen LogP contribution is 2.18. The Labute approximate surface area is 182 Å². The van der Waals surface area contributed by atoms with Crippen LogP contribution >= 0.6 is 0 Å². The Balaban J connectivity index is 1.96. The molecule has 0 aromatic heterocycles. The Morgan fingerprint density at radius 3 is 2.10 bits per heavy atom. The molecule has 1 fully saturated rings. The molecule has 2 N–H and O–H groups in total. The van der Waals surface area contributed by atoms with Crippen molar-refractivity contribution in [3.8, 4) is 0 Å². The zero-order valence-corrected chi connectivity index (χ0v) is 18.7. The summed E-state index contributed by atoms with van der Waals surface area (Å²) in [5, 5.41) is 5.39. The maximum absolute atomic E-state index is 13.9. The van der Waals surface area contributed by atoms with Crippen LogP contribution in [0.5, 0.6) is 0 Å². The summed E-state index contributed by atoms with van der Waals surface area (Å²) in [6.45, 7) is 8.65. The topological polar surface area (TPSA) is 78.5 Å². The van der Waals surface area contributed by atoms with E-state index in [0.29, 0.717) is 25.9 Å². The summed E-state index contributed by atoms with van der Waals surface area (Å²) in [6.07, 6.45) is 2.87. The van der Waals surface area contributed by atoms with E-state index in [-0.39, 0.29) is 23.8 Å². The van der Waals surface area contributed by atoms with Gasteiger partial charge in [-0.3, -0.25) is 14.4 Å². The van der Waals surface area contributed by atoms with Crippen LogP contribution in [0.1, 0.15) is 63.7 Å². The molecule has 0 radical (unpaired) electrons. The molecule has 0 aliphatic carbocycles. The Hall–Kier alpha value is -2.51. The summed E-state index contributed by atoms with van der Waals surface area (Å²) in [7, 11) is 0. The molecule has 6 nitrogen and oxygen atoms in total. The van der Waals surface area contributed by atoms with Crippen molar-refractivity contribution in [1.82, 2.24) is 15.5 Å². The van der Waals surface area contributed by atoms with E-state index in [1.54, 1.807) is 13.8 Å². The summed E-state index contributed by atoms with van der Waals surface area (Å²) in [6, 6.07) is 2.12. The summed E-state index contributed by atoms with van der Waals surface area (Å²) < 4.78 is 27.8. The first-order chi connectivity index (χ1) is 14.7. The SMILES string of the molecule is CCC(CC)C(=O)N1CCC(NC(=O)C(NC(=O)c2c(F)cccc2F)C(C)C)CC1. The summed E-state index contributed by atoms with van der Waals surface area (Å²) >= 11 is 0. The first-order valence-electron chi connectivity index (χ1n) is 11.0. The quantitative estimate of drug-likeness (QED) is 0.655. The Morgan fingerprint density at radius 2 is 1.61 bits per heavy atom. The molecule has 0 saturated carbocycles. The van der Waals surface area contributed by atoms with E-state index in [1.165, 1.54) is 6.07 Å². The molecule has 1 aromatic rings. The number of nitrogens with one attached hydrogen (secondary N) is 2. The van der Waals surface area contributed by atoms with E-state index < -0.39 is 35.1 Å². The van der Waals surface area contributed by atoms with E-state index >= 15 is 0 Å². The predicted octanol–water partition coefficient (Wildman–Crippen LogP) is 3.26. The molecule has 1 heterocycles. The van der Waals surface area contributed by atoms with Gasteiger partial charge in [0.05, 0.1) is 0 Å². The van der Waals surface area contributed by atoms with Crippen molar-refractivity contribution in [3.05, 3.63) is 35.4 Å². The van der Waals surface area contributed by atoms with Crippen molar-refractivity contribution in [1.29, 1.82) is 0 Å². The van der Waals surface area contributed by atoms with Crippen molar-refractivity contribution >= 4 is 17.7 Å². The van der Waals surface area contributed by atoms with E-state index in [9.17, 15) is 23.2 Å².